The molecule has 1 rings (SSSR count). The van der Waals surface area contributed by atoms with Crippen molar-refractivity contribution in [1.29, 1.82) is 5.39 Å². The average molecular weight is 167 g/mol. The van der Waals surface area contributed by atoms with Crippen LogP contribution in [0.4, 0.5) is 0 Å². The molecule has 1 aliphatic rings. The van der Waals surface area contributed by atoms with E-state index in [1.54, 1.807) is 0 Å². The minimum Gasteiger partial charge on any atom is -0.505 e. The number of ketones is 1. The number of diazo groups is 1. The Hall–Kier alpha value is -1.37. The standard InChI is InChI=1S/C8H10N2O2/c9-10-8-6(11)4-2-1-3-5-7(8)12/h1-5H2/p+1. The number of hydrogen-bond donors (Lipinski definition) is 1. The van der Waals surface area contributed by atoms with Crippen molar-refractivity contribution < 1.29 is 9.90 Å². The van der Waals surface area contributed by atoms with Crippen LogP contribution in [0.3, 0.4) is 0 Å². The van der Waals surface area contributed by atoms with Crippen LogP contribution in [0.1, 0.15) is 32.1 Å². The number of carbonyl (C=O) groups is 1. The van der Waals surface area contributed by atoms with E-state index in [1.165, 1.54) is 0 Å². The fourth-order valence-electron chi connectivity index (χ4n) is 1.27. The van der Waals surface area contributed by atoms with Crippen LogP contribution in [0.15, 0.2) is 11.5 Å². The lowest BCUT2D eigenvalue weighted by Gasteiger charge is -2.01. The molecule has 0 aromatic carbocycles. The van der Waals surface area contributed by atoms with Crippen LogP contribution in [0.5, 0.6) is 0 Å². The van der Waals surface area contributed by atoms with Gasteiger partial charge in [-0.2, -0.15) is 0 Å². The maximum absolute atomic E-state index is 11.1. The molecular weight excluding hydrogens is 156 g/mol. The summed E-state index contributed by atoms with van der Waals surface area (Å²) in [5.74, 6) is -0.350. The van der Waals surface area contributed by atoms with Crippen molar-refractivity contribution in [2.45, 2.75) is 32.1 Å². The van der Waals surface area contributed by atoms with Gasteiger partial charge < -0.3 is 5.11 Å². The number of Topliss-reactive ketones (excluding diaryl/α,β-unsaturated/α-hetero) is 1. The first-order valence-corrected chi connectivity index (χ1v) is 4.06. The van der Waals surface area contributed by atoms with E-state index in [0.717, 1.165) is 19.3 Å². The fourth-order valence-corrected chi connectivity index (χ4v) is 1.27. The molecule has 0 saturated heterocycles. The molecule has 4 heteroatoms. The van der Waals surface area contributed by atoms with Crippen LogP contribution < -0.4 is 0 Å². The molecule has 1 aliphatic carbocycles. The molecule has 0 radical (unpaired) electrons. The highest BCUT2D eigenvalue weighted by atomic mass is 16.3. The summed E-state index contributed by atoms with van der Waals surface area (Å²) < 4.78 is 0. The van der Waals surface area contributed by atoms with Crippen LogP contribution >= 0.6 is 0 Å². The zero-order chi connectivity index (χ0) is 8.97. The molecule has 1 N–H and O–H groups in total. The molecule has 0 heterocycles. The predicted octanol–water partition coefficient (Wildman–Crippen LogP) is 2.14. The van der Waals surface area contributed by atoms with Gasteiger partial charge >= 0.3 is 5.70 Å². The van der Waals surface area contributed by atoms with E-state index in [9.17, 15) is 9.90 Å². The second-order valence-electron chi connectivity index (χ2n) is 2.88. The van der Waals surface area contributed by atoms with Crippen molar-refractivity contribution in [3.05, 3.63) is 16.4 Å². The van der Waals surface area contributed by atoms with Crippen LogP contribution in [-0.4, -0.2) is 10.9 Å². The number of allylic oxidation sites excluding steroid dienone is 2. The van der Waals surface area contributed by atoms with Gasteiger partial charge in [-0.3, -0.25) is 4.79 Å². The SMILES string of the molecule is N#[N+]/C1=C(\O)CCCCCC1=O. The van der Waals surface area contributed by atoms with E-state index in [4.69, 9.17) is 5.39 Å². The van der Waals surface area contributed by atoms with Gasteiger partial charge in [-0.25, -0.2) is 0 Å². The molecule has 64 valence electrons. The Labute approximate surface area is 70.5 Å². The predicted molar refractivity (Wildman–Crippen MR) is 42.8 cm³/mol. The molecule has 12 heavy (non-hydrogen) atoms. The smallest absolute Gasteiger partial charge is 0.463 e. The van der Waals surface area contributed by atoms with Gasteiger partial charge in [0.2, 0.25) is 5.39 Å². The average Bonchev–Trinajstić information content (AvgIpc) is 2.02. The minimum atomic E-state index is -0.269. The van der Waals surface area contributed by atoms with Gasteiger partial charge in [-0.05, 0) is 12.8 Å². The molecule has 0 aliphatic heterocycles. The van der Waals surface area contributed by atoms with E-state index in [1.807, 2.05) is 0 Å². The zero-order valence-electron chi connectivity index (χ0n) is 6.79. The largest absolute Gasteiger partial charge is 0.505 e. The molecular formula is C8H11N2O2+. The maximum atomic E-state index is 11.1. The number of carbonyl (C=O) groups excluding carboxylic acids is 1. The lowest BCUT2D eigenvalue weighted by molar-refractivity contribution is -0.115. The third-order valence-electron chi connectivity index (χ3n) is 1.95. The van der Waals surface area contributed by atoms with Crippen molar-refractivity contribution in [1.82, 2.24) is 0 Å². The fraction of sp³-hybridized carbons (Fsp3) is 0.625. The molecule has 0 unspecified atom stereocenters. The summed E-state index contributed by atoms with van der Waals surface area (Å²) in [7, 11) is 0. The second-order valence-corrected chi connectivity index (χ2v) is 2.88. The molecule has 0 bridgehead atoms. The van der Waals surface area contributed by atoms with Crippen molar-refractivity contribution >= 4 is 5.78 Å². The summed E-state index contributed by atoms with van der Waals surface area (Å²) in [4.78, 5) is 13.9. The number of rotatable bonds is 0. The summed E-state index contributed by atoms with van der Waals surface area (Å²) in [5.41, 5.74) is -0.158. The van der Waals surface area contributed by atoms with E-state index in [-0.39, 0.29) is 17.2 Å². The topological polar surface area (TPSA) is 65.4 Å². The Morgan fingerprint density at radius 2 is 1.92 bits per heavy atom. The minimum absolute atomic E-state index is 0.0813. The zero-order valence-corrected chi connectivity index (χ0v) is 6.79. The lowest BCUT2D eigenvalue weighted by atomic mass is 10.0. The van der Waals surface area contributed by atoms with Gasteiger partial charge in [0, 0.05) is 12.8 Å². The van der Waals surface area contributed by atoms with E-state index in [0.29, 0.717) is 12.8 Å². The van der Waals surface area contributed by atoms with E-state index < -0.39 is 0 Å². The van der Waals surface area contributed by atoms with Gasteiger partial charge in [-0.15, -0.1) is 0 Å². The number of aliphatic hydroxyl groups excluding tert-OH is 1. The summed E-state index contributed by atoms with van der Waals surface area (Å²) in [6, 6.07) is 0. The normalized spacial score (nSPS) is 25.8. The molecule has 0 saturated carbocycles. The highest BCUT2D eigenvalue weighted by molar-refractivity contribution is 5.97. The number of hydrogen-bond acceptors (Lipinski definition) is 3. The van der Waals surface area contributed by atoms with Crippen molar-refractivity contribution in [3.8, 4) is 0 Å². The summed E-state index contributed by atoms with van der Waals surface area (Å²) >= 11 is 0. The third-order valence-corrected chi connectivity index (χ3v) is 1.95. The van der Waals surface area contributed by atoms with Gasteiger partial charge in [0.1, 0.15) is 0 Å². The first-order chi connectivity index (χ1) is 5.75. The van der Waals surface area contributed by atoms with Crippen LogP contribution in [0.2, 0.25) is 0 Å². The highest BCUT2D eigenvalue weighted by Gasteiger charge is 2.28. The van der Waals surface area contributed by atoms with Crippen molar-refractivity contribution in [3.63, 3.8) is 0 Å². The molecule has 4 nitrogen and oxygen atoms in total. The first kappa shape index (κ1) is 8.72. The monoisotopic (exact) mass is 167 g/mol. The molecule has 0 fully saturated rings. The summed E-state index contributed by atoms with van der Waals surface area (Å²) in [5, 5.41) is 17.7. The van der Waals surface area contributed by atoms with Crippen LogP contribution in [0, 0.1) is 5.39 Å². The van der Waals surface area contributed by atoms with Crippen molar-refractivity contribution in [2.75, 3.05) is 0 Å². The van der Waals surface area contributed by atoms with E-state index in [2.05, 4.69) is 4.98 Å². The Bertz CT molecular complexity index is 263. The van der Waals surface area contributed by atoms with Gasteiger partial charge in [0.15, 0.2) is 10.7 Å². The van der Waals surface area contributed by atoms with Crippen LogP contribution in [-0.2, 0) is 4.79 Å². The second kappa shape index (κ2) is 3.86. The van der Waals surface area contributed by atoms with Gasteiger partial charge in [-0.1, -0.05) is 6.42 Å². The van der Waals surface area contributed by atoms with Gasteiger partial charge in [0.25, 0.3) is 5.78 Å². The van der Waals surface area contributed by atoms with Crippen LogP contribution in [0.25, 0.3) is 4.98 Å². The molecule has 0 aromatic rings. The van der Waals surface area contributed by atoms with Gasteiger partial charge in [0.05, 0.1) is 0 Å². The Morgan fingerprint density at radius 1 is 1.25 bits per heavy atom. The summed E-state index contributed by atoms with van der Waals surface area (Å²) in [6.45, 7) is 0. The number of aliphatic hydroxyl groups is 1. The molecule has 0 aromatic heterocycles. The van der Waals surface area contributed by atoms with E-state index >= 15 is 0 Å². The Balaban J connectivity index is 2.89. The Kier molecular flexibility index (Phi) is 2.81. The molecule has 0 spiro atoms. The highest BCUT2D eigenvalue weighted by Crippen LogP contribution is 2.19. The number of nitrogens with zero attached hydrogens (tertiary/aromatic N) is 2. The first-order valence-electron chi connectivity index (χ1n) is 4.06. The molecule has 0 atom stereocenters. The quantitative estimate of drug-likeness (QED) is 0.562. The Morgan fingerprint density at radius 3 is 2.58 bits per heavy atom. The summed E-state index contributed by atoms with van der Waals surface area (Å²) in [6.07, 6.45) is 3.40. The lowest BCUT2D eigenvalue weighted by Crippen LogP contribution is -2.05. The molecule has 0 amide bonds. The third kappa shape index (κ3) is 1.82. The van der Waals surface area contributed by atoms with Crippen molar-refractivity contribution in [2.24, 2.45) is 0 Å². The maximum Gasteiger partial charge on any atom is 0.463 e.